The molecule has 0 aliphatic rings. The van der Waals surface area contributed by atoms with Gasteiger partial charge in [-0.1, -0.05) is 30.7 Å². The molecule has 1 atom stereocenters. The van der Waals surface area contributed by atoms with E-state index < -0.39 is 0 Å². The Morgan fingerprint density at radius 1 is 1.37 bits per heavy atom. The molecule has 4 heteroatoms. The Balaban J connectivity index is 2.41. The number of ether oxygens (including phenoxy) is 1. The quantitative estimate of drug-likeness (QED) is 0.931. The zero-order valence-electron chi connectivity index (χ0n) is 11.1. The average molecular weight is 277 g/mol. The van der Waals surface area contributed by atoms with Crippen LogP contribution in [0.3, 0.4) is 0 Å². The second kappa shape index (κ2) is 6.04. The molecule has 1 unspecified atom stereocenters. The van der Waals surface area contributed by atoms with Gasteiger partial charge in [0.1, 0.15) is 5.75 Å². The van der Waals surface area contributed by atoms with Gasteiger partial charge in [-0.3, -0.25) is 4.98 Å². The Kier molecular flexibility index (Phi) is 4.40. The predicted molar refractivity (Wildman–Crippen MR) is 77.6 cm³/mol. The summed E-state index contributed by atoms with van der Waals surface area (Å²) in [6.07, 6.45) is 2.67. The van der Waals surface area contributed by atoms with E-state index in [1.807, 2.05) is 18.2 Å². The summed E-state index contributed by atoms with van der Waals surface area (Å²) < 4.78 is 5.22. The van der Waals surface area contributed by atoms with Gasteiger partial charge in [0.15, 0.2) is 0 Å². The third-order valence-corrected chi connectivity index (χ3v) is 3.45. The summed E-state index contributed by atoms with van der Waals surface area (Å²) in [6, 6.07) is 9.27. The van der Waals surface area contributed by atoms with Crippen molar-refractivity contribution in [1.82, 2.24) is 4.98 Å². The van der Waals surface area contributed by atoms with Crippen molar-refractivity contribution in [3.8, 4) is 5.75 Å². The molecule has 2 N–H and O–H groups in total. The Hall–Kier alpha value is -1.58. The topological polar surface area (TPSA) is 48.1 Å². The summed E-state index contributed by atoms with van der Waals surface area (Å²) in [4.78, 5) is 4.40. The van der Waals surface area contributed by atoms with E-state index >= 15 is 0 Å². The lowest BCUT2D eigenvalue weighted by Gasteiger charge is -2.16. The minimum absolute atomic E-state index is 0.276. The number of hydrogen-bond acceptors (Lipinski definition) is 3. The third kappa shape index (κ3) is 2.88. The molecule has 0 amide bonds. The smallest absolute Gasteiger partial charge is 0.137 e. The molecule has 1 aromatic carbocycles. The highest BCUT2D eigenvalue weighted by molar-refractivity contribution is 6.32. The van der Waals surface area contributed by atoms with Gasteiger partial charge in [0.05, 0.1) is 23.9 Å². The van der Waals surface area contributed by atoms with Gasteiger partial charge in [0.25, 0.3) is 0 Å². The van der Waals surface area contributed by atoms with Gasteiger partial charge in [-0.2, -0.15) is 0 Å². The summed E-state index contributed by atoms with van der Waals surface area (Å²) in [7, 11) is 1.59. The Morgan fingerprint density at radius 3 is 2.84 bits per heavy atom. The summed E-state index contributed by atoms with van der Waals surface area (Å²) in [5.41, 5.74) is 9.30. The van der Waals surface area contributed by atoms with Crippen LogP contribution in [0.1, 0.15) is 29.8 Å². The second-order valence-electron chi connectivity index (χ2n) is 4.27. The molecule has 0 saturated carbocycles. The van der Waals surface area contributed by atoms with Gasteiger partial charge in [-0.15, -0.1) is 0 Å². The van der Waals surface area contributed by atoms with Crippen LogP contribution in [0.4, 0.5) is 0 Å². The van der Waals surface area contributed by atoms with Crippen LogP contribution in [0.25, 0.3) is 0 Å². The fraction of sp³-hybridized carbons (Fsp3) is 0.267. The number of hydrogen-bond donors (Lipinski definition) is 1. The molecule has 3 nitrogen and oxygen atoms in total. The monoisotopic (exact) mass is 276 g/mol. The van der Waals surface area contributed by atoms with E-state index in [2.05, 4.69) is 18.0 Å². The van der Waals surface area contributed by atoms with Crippen LogP contribution in [-0.4, -0.2) is 12.1 Å². The average Bonchev–Trinajstić information content (AvgIpc) is 2.47. The van der Waals surface area contributed by atoms with Crippen molar-refractivity contribution < 1.29 is 4.74 Å². The van der Waals surface area contributed by atoms with E-state index in [4.69, 9.17) is 22.1 Å². The molecule has 0 radical (unpaired) electrons. The van der Waals surface area contributed by atoms with E-state index in [1.165, 1.54) is 0 Å². The Bertz CT molecular complexity index is 572. The second-order valence-corrected chi connectivity index (χ2v) is 4.68. The molecule has 2 aromatic rings. The van der Waals surface area contributed by atoms with Gasteiger partial charge in [-0.05, 0) is 35.7 Å². The zero-order chi connectivity index (χ0) is 13.8. The van der Waals surface area contributed by atoms with Crippen molar-refractivity contribution in [3.63, 3.8) is 0 Å². The molecule has 0 spiro atoms. The summed E-state index contributed by atoms with van der Waals surface area (Å²) in [6.45, 7) is 2.09. The Morgan fingerprint density at radius 2 is 2.16 bits per heavy atom. The Labute approximate surface area is 118 Å². The summed E-state index contributed by atoms with van der Waals surface area (Å²) in [5, 5.41) is 0.579. The molecule has 1 aromatic heterocycles. The number of nitrogens with zero attached hydrogens (tertiary/aromatic N) is 1. The van der Waals surface area contributed by atoms with Crippen LogP contribution in [0, 0.1) is 0 Å². The van der Waals surface area contributed by atoms with Crippen LogP contribution >= 0.6 is 11.6 Å². The molecule has 0 bridgehead atoms. The number of pyridine rings is 1. The van der Waals surface area contributed by atoms with Crippen LogP contribution in [0.15, 0.2) is 36.5 Å². The normalized spacial score (nSPS) is 12.2. The first kappa shape index (κ1) is 13.8. The van der Waals surface area contributed by atoms with Gasteiger partial charge >= 0.3 is 0 Å². The summed E-state index contributed by atoms with van der Waals surface area (Å²) >= 11 is 6.02. The minimum Gasteiger partial charge on any atom is -0.495 e. The highest BCUT2D eigenvalue weighted by Crippen LogP contribution is 2.29. The molecule has 100 valence electrons. The van der Waals surface area contributed by atoms with Gasteiger partial charge in [0.2, 0.25) is 0 Å². The highest BCUT2D eigenvalue weighted by Gasteiger charge is 2.15. The van der Waals surface area contributed by atoms with Crippen molar-refractivity contribution in [2.45, 2.75) is 19.4 Å². The van der Waals surface area contributed by atoms with E-state index in [0.29, 0.717) is 10.8 Å². The molecule has 19 heavy (non-hydrogen) atoms. The van der Waals surface area contributed by atoms with Crippen LogP contribution < -0.4 is 10.5 Å². The number of benzene rings is 1. The SMILES string of the molecule is CCc1cccnc1C(N)c1ccc(Cl)c(OC)c1. The van der Waals surface area contributed by atoms with E-state index in [-0.39, 0.29) is 6.04 Å². The number of aryl methyl sites for hydroxylation is 1. The number of aromatic nitrogens is 1. The van der Waals surface area contributed by atoms with E-state index in [9.17, 15) is 0 Å². The third-order valence-electron chi connectivity index (χ3n) is 3.14. The molecule has 0 fully saturated rings. The molecule has 1 heterocycles. The minimum atomic E-state index is -0.276. The number of nitrogens with two attached hydrogens (primary N) is 1. The van der Waals surface area contributed by atoms with Crippen LogP contribution in [0.5, 0.6) is 5.75 Å². The maximum Gasteiger partial charge on any atom is 0.137 e. The summed E-state index contributed by atoms with van der Waals surface area (Å²) in [5.74, 6) is 0.628. The first-order valence-corrected chi connectivity index (χ1v) is 6.58. The fourth-order valence-corrected chi connectivity index (χ4v) is 2.25. The standard InChI is InChI=1S/C15H17ClN2O/c1-3-10-5-4-8-18-15(10)14(17)11-6-7-12(16)13(9-11)19-2/h4-9,14H,3,17H2,1-2H3. The highest BCUT2D eigenvalue weighted by atomic mass is 35.5. The number of rotatable bonds is 4. The molecule has 0 aliphatic carbocycles. The first-order valence-electron chi connectivity index (χ1n) is 6.20. The maximum atomic E-state index is 6.31. The van der Waals surface area contributed by atoms with Crippen molar-refractivity contribution >= 4 is 11.6 Å². The molecular formula is C15H17ClN2O. The van der Waals surface area contributed by atoms with Gasteiger partial charge < -0.3 is 10.5 Å². The largest absolute Gasteiger partial charge is 0.495 e. The zero-order valence-corrected chi connectivity index (χ0v) is 11.8. The van der Waals surface area contributed by atoms with Gasteiger partial charge in [-0.25, -0.2) is 0 Å². The van der Waals surface area contributed by atoms with Crippen molar-refractivity contribution in [3.05, 3.63) is 58.4 Å². The van der Waals surface area contributed by atoms with Crippen LogP contribution in [0.2, 0.25) is 5.02 Å². The lowest BCUT2D eigenvalue weighted by Crippen LogP contribution is -2.15. The molecule has 2 rings (SSSR count). The van der Waals surface area contributed by atoms with E-state index in [0.717, 1.165) is 23.2 Å². The lowest BCUT2D eigenvalue weighted by atomic mass is 9.99. The van der Waals surface area contributed by atoms with Gasteiger partial charge in [0, 0.05) is 6.20 Å². The van der Waals surface area contributed by atoms with Crippen molar-refractivity contribution in [2.75, 3.05) is 7.11 Å². The predicted octanol–water partition coefficient (Wildman–Crippen LogP) is 3.35. The lowest BCUT2D eigenvalue weighted by molar-refractivity contribution is 0.414. The first-order chi connectivity index (χ1) is 9.17. The molecule has 0 aliphatic heterocycles. The van der Waals surface area contributed by atoms with E-state index in [1.54, 1.807) is 19.4 Å². The van der Waals surface area contributed by atoms with Crippen molar-refractivity contribution in [1.29, 1.82) is 0 Å². The molecule has 0 saturated heterocycles. The van der Waals surface area contributed by atoms with Crippen LogP contribution in [-0.2, 0) is 6.42 Å². The molecular weight excluding hydrogens is 260 g/mol. The number of halogens is 1. The van der Waals surface area contributed by atoms with Crippen molar-refractivity contribution in [2.24, 2.45) is 5.73 Å². The number of methoxy groups -OCH3 is 1. The maximum absolute atomic E-state index is 6.31. The fourth-order valence-electron chi connectivity index (χ4n) is 2.06.